The molecule has 0 bridgehead atoms. The van der Waals surface area contributed by atoms with Gasteiger partial charge in [0.05, 0.1) is 11.1 Å². The second-order valence-corrected chi connectivity index (χ2v) is 6.18. The van der Waals surface area contributed by atoms with Crippen LogP contribution in [0.15, 0.2) is 12.1 Å². The third-order valence-electron chi connectivity index (χ3n) is 4.34. The van der Waals surface area contributed by atoms with E-state index in [0.717, 1.165) is 44.1 Å². The SMILES string of the molecule is NCC1(c2cc(F)cc(Cl)c2OC2CC2)CCCC1. The Hall–Kier alpha value is -0.800. The molecule has 104 valence electrons. The predicted octanol–water partition coefficient (Wildman–Crippen LogP) is 3.79. The van der Waals surface area contributed by atoms with Gasteiger partial charge in [-0.3, -0.25) is 0 Å². The molecule has 2 saturated carbocycles. The molecule has 0 atom stereocenters. The fourth-order valence-corrected chi connectivity index (χ4v) is 3.31. The van der Waals surface area contributed by atoms with E-state index >= 15 is 0 Å². The van der Waals surface area contributed by atoms with Crippen LogP contribution in [-0.4, -0.2) is 12.6 Å². The lowest BCUT2D eigenvalue weighted by Gasteiger charge is -2.30. The molecule has 0 aromatic heterocycles. The smallest absolute Gasteiger partial charge is 0.142 e. The maximum Gasteiger partial charge on any atom is 0.142 e. The fraction of sp³-hybridized carbons (Fsp3) is 0.600. The molecule has 0 spiro atoms. The lowest BCUT2D eigenvalue weighted by atomic mass is 9.78. The topological polar surface area (TPSA) is 35.2 Å². The molecule has 0 radical (unpaired) electrons. The average Bonchev–Trinajstić information content (AvgIpc) is 3.07. The largest absolute Gasteiger partial charge is 0.489 e. The normalized spacial score (nSPS) is 21.6. The molecule has 0 saturated heterocycles. The summed E-state index contributed by atoms with van der Waals surface area (Å²) in [6, 6.07) is 2.91. The first kappa shape index (κ1) is 13.2. The molecule has 0 heterocycles. The molecule has 4 heteroatoms. The number of nitrogens with two attached hydrogens (primary N) is 1. The first-order valence-corrected chi connectivity index (χ1v) is 7.39. The van der Waals surface area contributed by atoms with E-state index in [1.807, 2.05) is 0 Å². The number of rotatable bonds is 4. The molecular formula is C15H19ClFNO. The molecular weight excluding hydrogens is 265 g/mol. The second kappa shape index (κ2) is 4.95. The van der Waals surface area contributed by atoms with Gasteiger partial charge in [-0.1, -0.05) is 24.4 Å². The van der Waals surface area contributed by atoms with Gasteiger partial charge in [-0.15, -0.1) is 0 Å². The molecule has 2 aliphatic rings. The summed E-state index contributed by atoms with van der Waals surface area (Å²) in [5, 5.41) is 0.377. The number of hydrogen-bond donors (Lipinski definition) is 1. The molecule has 0 amide bonds. The Morgan fingerprint density at radius 1 is 1.32 bits per heavy atom. The zero-order valence-corrected chi connectivity index (χ0v) is 11.7. The van der Waals surface area contributed by atoms with Crippen molar-refractivity contribution in [3.05, 3.63) is 28.5 Å². The first-order valence-electron chi connectivity index (χ1n) is 7.01. The summed E-state index contributed by atoms with van der Waals surface area (Å²) < 4.78 is 19.7. The van der Waals surface area contributed by atoms with Crippen molar-refractivity contribution < 1.29 is 9.13 Å². The first-order chi connectivity index (χ1) is 9.14. The Kier molecular flexibility index (Phi) is 3.44. The van der Waals surface area contributed by atoms with Gasteiger partial charge in [-0.2, -0.15) is 0 Å². The highest BCUT2D eigenvalue weighted by Crippen LogP contribution is 2.47. The van der Waals surface area contributed by atoms with Crippen LogP contribution >= 0.6 is 11.6 Å². The summed E-state index contributed by atoms with van der Waals surface area (Å²) in [5.74, 6) is 0.362. The summed E-state index contributed by atoms with van der Waals surface area (Å²) in [6.07, 6.45) is 6.61. The molecule has 1 aromatic rings. The summed E-state index contributed by atoms with van der Waals surface area (Å²) >= 11 is 6.20. The number of benzene rings is 1. The quantitative estimate of drug-likeness (QED) is 0.912. The van der Waals surface area contributed by atoms with Crippen molar-refractivity contribution in [2.45, 2.75) is 50.0 Å². The Balaban J connectivity index is 2.06. The van der Waals surface area contributed by atoms with E-state index in [0.29, 0.717) is 17.3 Å². The summed E-state index contributed by atoms with van der Waals surface area (Å²) in [6.45, 7) is 0.522. The number of hydrogen-bond acceptors (Lipinski definition) is 2. The van der Waals surface area contributed by atoms with Gasteiger partial charge in [0, 0.05) is 17.5 Å². The van der Waals surface area contributed by atoms with E-state index in [2.05, 4.69) is 0 Å². The molecule has 2 fully saturated rings. The Labute approximate surface area is 118 Å². The zero-order chi connectivity index (χ0) is 13.5. The van der Waals surface area contributed by atoms with Crippen LogP contribution in [-0.2, 0) is 5.41 Å². The maximum atomic E-state index is 13.7. The number of ether oxygens (including phenoxy) is 1. The number of halogens is 2. The Morgan fingerprint density at radius 3 is 2.58 bits per heavy atom. The van der Waals surface area contributed by atoms with Crippen LogP contribution in [0, 0.1) is 5.82 Å². The van der Waals surface area contributed by atoms with Crippen LogP contribution in [0.4, 0.5) is 4.39 Å². The van der Waals surface area contributed by atoms with E-state index in [-0.39, 0.29) is 17.3 Å². The van der Waals surface area contributed by atoms with Gasteiger partial charge in [0.1, 0.15) is 11.6 Å². The zero-order valence-electron chi connectivity index (χ0n) is 10.9. The van der Waals surface area contributed by atoms with E-state index in [9.17, 15) is 4.39 Å². The van der Waals surface area contributed by atoms with Gasteiger partial charge in [0.15, 0.2) is 0 Å². The van der Waals surface area contributed by atoms with E-state index in [1.54, 1.807) is 6.07 Å². The second-order valence-electron chi connectivity index (χ2n) is 5.77. The van der Waals surface area contributed by atoms with Crippen LogP contribution in [0.3, 0.4) is 0 Å². The van der Waals surface area contributed by atoms with Crippen LogP contribution in [0.5, 0.6) is 5.75 Å². The van der Waals surface area contributed by atoms with E-state index in [1.165, 1.54) is 6.07 Å². The van der Waals surface area contributed by atoms with Crippen molar-refractivity contribution in [2.24, 2.45) is 5.73 Å². The highest BCUT2D eigenvalue weighted by atomic mass is 35.5. The van der Waals surface area contributed by atoms with E-state index in [4.69, 9.17) is 22.1 Å². The minimum Gasteiger partial charge on any atom is -0.489 e. The van der Waals surface area contributed by atoms with Gasteiger partial charge in [-0.25, -0.2) is 4.39 Å². The van der Waals surface area contributed by atoms with Crippen molar-refractivity contribution >= 4 is 11.6 Å². The molecule has 2 aliphatic carbocycles. The fourth-order valence-electron chi connectivity index (χ4n) is 3.06. The van der Waals surface area contributed by atoms with Crippen molar-refractivity contribution in [1.82, 2.24) is 0 Å². The van der Waals surface area contributed by atoms with Crippen molar-refractivity contribution in [1.29, 1.82) is 0 Å². The van der Waals surface area contributed by atoms with Gasteiger partial charge in [0.2, 0.25) is 0 Å². The van der Waals surface area contributed by atoms with Crippen molar-refractivity contribution in [3.63, 3.8) is 0 Å². The van der Waals surface area contributed by atoms with Crippen LogP contribution in [0.1, 0.15) is 44.1 Å². The van der Waals surface area contributed by atoms with E-state index < -0.39 is 0 Å². The lowest BCUT2D eigenvalue weighted by molar-refractivity contribution is 0.289. The van der Waals surface area contributed by atoms with Gasteiger partial charge in [-0.05, 0) is 37.8 Å². The van der Waals surface area contributed by atoms with Crippen molar-refractivity contribution in [3.8, 4) is 5.75 Å². The minimum absolute atomic E-state index is 0.157. The molecule has 0 aliphatic heterocycles. The summed E-state index contributed by atoms with van der Waals surface area (Å²) in [5.41, 5.74) is 6.72. The third-order valence-corrected chi connectivity index (χ3v) is 4.62. The van der Waals surface area contributed by atoms with Crippen molar-refractivity contribution in [2.75, 3.05) is 6.54 Å². The predicted molar refractivity (Wildman–Crippen MR) is 74.3 cm³/mol. The lowest BCUT2D eigenvalue weighted by Crippen LogP contribution is -2.32. The molecule has 2 nitrogen and oxygen atoms in total. The van der Waals surface area contributed by atoms with Gasteiger partial charge >= 0.3 is 0 Å². The average molecular weight is 284 g/mol. The molecule has 0 unspecified atom stereocenters. The highest BCUT2D eigenvalue weighted by Gasteiger charge is 2.39. The van der Waals surface area contributed by atoms with Gasteiger partial charge in [0.25, 0.3) is 0 Å². The molecule has 19 heavy (non-hydrogen) atoms. The molecule has 1 aromatic carbocycles. The Morgan fingerprint density at radius 2 is 2.00 bits per heavy atom. The van der Waals surface area contributed by atoms with Crippen LogP contribution in [0.2, 0.25) is 5.02 Å². The van der Waals surface area contributed by atoms with Crippen LogP contribution in [0.25, 0.3) is 0 Å². The Bertz CT molecular complexity index is 481. The minimum atomic E-state index is -0.303. The monoisotopic (exact) mass is 283 g/mol. The summed E-state index contributed by atoms with van der Waals surface area (Å²) in [4.78, 5) is 0. The standard InChI is InChI=1S/C15H19ClFNO/c16-13-8-10(17)7-12(14(13)19-11-3-4-11)15(9-18)5-1-2-6-15/h7-8,11H,1-6,9,18H2. The third kappa shape index (κ3) is 2.46. The molecule has 3 rings (SSSR count). The van der Waals surface area contributed by atoms with Gasteiger partial charge < -0.3 is 10.5 Å². The molecule has 2 N–H and O–H groups in total. The maximum absolute atomic E-state index is 13.7. The van der Waals surface area contributed by atoms with Crippen LogP contribution < -0.4 is 10.5 Å². The summed E-state index contributed by atoms with van der Waals surface area (Å²) in [7, 11) is 0. The highest BCUT2D eigenvalue weighted by molar-refractivity contribution is 6.32.